The Kier molecular flexibility index (Phi) is 6.01. The van der Waals surface area contributed by atoms with E-state index in [1.165, 1.54) is 0 Å². The van der Waals surface area contributed by atoms with Gasteiger partial charge in [-0.3, -0.25) is 4.79 Å². The summed E-state index contributed by atoms with van der Waals surface area (Å²) in [6.07, 6.45) is 2.86. The Hall–Kier alpha value is 1.52. The van der Waals surface area contributed by atoms with Crippen LogP contribution < -0.4 is 0 Å². The Morgan fingerprint density at radius 2 is 2.10 bits per heavy atom. The monoisotopic (exact) mass is 261 g/mol. The van der Waals surface area contributed by atoms with E-state index in [1.807, 2.05) is 0 Å². The number of carboxylic acid groups (broad SMARTS) is 1. The Labute approximate surface area is 120 Å². The maximum Gasteiger partial charge on any atom is 0.306 e. The summed E-state index contributed by atoms with van der Waals surface area (Å²) < 4.78 is 0. The molecule has 1 rings (SSSR count). The first-order valence-electron chi connectivity index (χ1n) is 3.43. The SMILES string of the molecule is CC1CCC(C(=O)O)C1.[Cs]. The molecule has 3 heteroatoms. The van der Waals surface area contributed by atoms with Gasteiger partial charge >= 0.3 is 5.97 Å². The molecule has 2 nitrogen and oxygen atoms in total. The fraction of sp³-hybridized carbons (Fsp3) is 0.857. The van der Waals surface area contributed by atoms with Crippen LogP contribution in [-0.2, 0) is 4.79 Å². The van der Waals surface area contributed by atoms with Crippen molar-refractivity contribution in [2.45, 2.75) is 26.2 Å². The third-order valence-electron chi connectivity index (χ3n) is 2.04. The van der Waals surface area contributed by atoms with Crippen LogP contribution in [0.5, 0.6) is 0 Å². The first kappa shape index (κ1) is 11.5. The van der Waals surface area contributed by atoms with E-state index in [0.717, 1.165) is 19.3 Å². The molecule has 2 unspecified atom stereocenters. The molecule has 0 bridgehead atoms. The van der Waals surface area contributed by atoms with Gasteiger partial charge in [0.05, 0.1) is 5.92 Å². The van der Waals surface area contributed by atoms with Gasteiger partial charge in [0.15, 0.2) is 0 Å². The van der Waals surface area contributed by atoms with Crippen molar-refractivity contribution in [3.8, 4) is 0 Å². The molecule has 1 fully saturated rings. The summed E-state index contributed by atoms with van der Waals surface area (Å²) in [5, 5.41) is 8.53. The summed E-state index contributed by atoms with van der Waals surface area (Å²) in [5.41, 5.74) is 0. The minimum atomic E-state index is -0.612. The molecular weight excluding hydrogens is 249 g/mol. The predicted octanol–water partition coefficient (Wildman–Crippen LogP) is 1.13. The van der Waals surface area contributed by atoms with Gasteiger partial charge in [-0.2, -0.15) is 0 Å². The molecule has 0 spiro atoms. The van der Waals surface area contributed by atoms with Gasteiger partial charge < -0.3 is 5.11 Å². The molecule has 1 N–H and O–H groups in total. The standard InChI is InChI=1S/C7H12O2.Cs/c1-5-2-3-6(4-5)7(8)9;/h5-6H,2-4H2,1H3,(H,8,9);. The van der Waals surface area contributed by atoms with Crippen molar-refractivity contribution in [2.24, 2.45) is 11.8 Å². The molecule has 2 atom stereocenters. The largest absolute Gasteiger partial charge is 0.481 e. The van der Waals surface area contributed by atoms with Crippen molar-refractivity contribution >= 4 is 74.9 Å². The minimum absolute atomic E-state index is 0. The molecule has 0 aliphatic heterocycles. The molecule has 1 aliphatic rings. The van der Waals surface area contributed by atoms with Gasteiger partial charge in [0, 0.05) is 68.9 Å². The fourth-order valence-corrected chi connectivity index (χ4v) is 1.43. The van der Waals surface area contributed by atoms with Crippen molar-refractivity contribution in [1.29, 1.82) is 0 Å². The number of carboxylic acids is 1. The van der Waals surface area contributed by atoms with Crippen LogP contribution in [0.1, 0.15) is 26.2 Å². The molecule has 0 aromatic heterocycles. The molecule has 1 aliphatic carbocycles. The zero-order chi connectivity index (χ0) is 6.85. The normalized spacial score (nSPS) is 31.3. The molecule has 1 radical (unpaired) electrons. The Morgan fingerprint density at radius 3 is 2.30 bits per heavy atom. The van der Waals surface area contributed by atoms with Crippen LogP contribution in [0.3, 0.4) is 0 Å². The molecule has 10 heavy (non-hydrogen) atoms. The number of rotatable bonds is 1. The second-order valence-corrected chi connectivity index (χ2v) is 2.95. The van der Waals surface area contributed by atoms with E-state index in [4.69, 9.17) is 5.11 Å². The summed E-state index contributed by atoms with van der Waals surface area (Å²) in [4.78, 5) is 10.3. The van der Waals surface area contributed by atoms with E-state index < -0.39 is 5.97 Å². The van der Waals surface area contributed by atoms with Crippen LogP contribution in [0.2, 0.25) is 0 Å². The van der Waals surface area contributed by atoms with Crippen LogP contribution in [0, 0.1) is 11.8 Å². The number of aliphatic carboxylic acids is 1. The Balaban J connectivity index is 0.000000810. The van der Waals surface area contributed by atoms with Crippen molar-refractivity contribution in [1.82, 2.24) is 0 Å². The summed E-state index contributed by atoms with van der Waals surface area (Å²) in [6, 6.07) is 0. The van der Waals surface area contributed by atoms with Gasteiger partial charge in [0.1, 0.15) is 0 Å². The van der Waals surface area contributed by atoms with Gasteiger partial charge in [-0.25, -0.2) is 0 Å². The maximum absolute atomic E-state index is 10.3. The van der Waals surface area contributed by atoms with Gasteiger partial charge in [-0.05, 0) is 25.2 Å². The van der Waals surface area contributed by atoms with Crippen LogP contribution in [0.15, 0.2) is 0 Å². The summed E-state index contributed by atoms with van der Waals surface area (Å²) in [6.45, 7) is 2.11. The first-order chi connectivity index (χ1) is 4.20. The van der Waals surface area contributed by atoms with E-state index in [1.54, 1.807) is 0 Å². The molecule has 0 aromatic rings. The van der Waals surface area contributed by atoms with Gasteiger partial charge in [0.2, 0.25) is 0 Å². The quantitative estimate of drug-likeness (QED) is 0.768. The molecule has 53 valence electrons. The van der Waals surface area contributed by atoms with E-state index >= 15 is 0 Å². The number of hydrogen-bond acceptors (Lipinski definition) is 1. The third kappa shape index (κ3) is 3.28. The zero-order valence-corrected chi connectivity index (χ0v) is 12.9. The van der Waals surface area contributed by atoms with Crippen LogP contribution in [0.25, 0.3) is 0 Å². The summed E-state index contributed by atoms with van der Waals surface area (Å²) in [5.74, 6) is -0.0227. The second-order valence-electron chi connectivity index (χ2n) is 2.95. The molecule has 1 saturated carbocycles. The van der Waals surface area contributed by atoms with E-state index in [0.29, 0.717) is 5.92 Å². The Morgan fingerprint density at radius 1 is 1.50 bits per heavy atom. The van der Waals surface area contributed by atoms with Gasteiger partial charge in [-0.15, -0.1) is 0 Å². The maximum atomic E-state index is 10.3. The topological polar surface area (TPSA) is 37.3 Å². The second kappa shape index (κ2) is 5.22. The number of carbonyl (C=O) groups is 1. The summed E-state index contributed by atoms with van der Waals surface area (Å²) in [7, 11) is 0. The van der Waals surface area contributed by atoms with E-state index in [-0.39, 0.29) is 74.8 Å². The molecule has 0 amide bonds. The average Bonchev–Trinajstić information content (AvgIpc) is 2.14. The Bertz CT molecular complexity index is 125. The predicted molar refractivity (Wildman–Crippen MR) is 39.9 cm³/mol. The third-order valence-corrected chi connectivity index (χ3v) is 2.04. The molecule has 0 saturated heterocycles. The van der Waals surface area contributed by atoms with Gasteiger partial charge in [-0.1, -0.05) is 6.92 Å². The average molecular weight is 261 g/mol. The fourth-order valence-electron chi connectivity index (χ4n) is 1.43. The van der Waals surface area contributed by atoms with E-state index in [2.05, 4.69) is 6.92 Å². The van der Waals surface area contributed by atoms with E-state index in [9.17, 15) is 4.79 Å². The molecular formula is C7H12CsO2. The van der Waals surface area contributed by atoms with Crippen LogP contribution >= 0.6 is 0 Å². The van der Waals surface area contributed by atoms with Crippen molar-refractivity contribution < 1.29 is 9.90 Å². The zero-order valence-electron chi connectivity index (χ0n) is 6.63. The van der Waals surface area contributed by atoms with Crippen molar-refractivity contribution in [3.63, 3.8) is 0 Å². The number of hydrogen-bond donors (Lipinski definition) is 1. The summed E-state index contributed by atoms with van der Waals surface area (Å²) >= 11 is 0. The van der Waals surface area contributed by atoms with Crippen LogP contribution in [-0.4, -0.2) is 80.0 Å². The smallest absolute Gasteiger partial charge is 0.306 e. The minimum Gasteiger partial charge on any atom is -0.481 e. The van der Waals surface area contributed by atoms with Gasteiger partial charge in [0.25, 0.3) is 0 Å². The molecule has 0 heterocycles. The van der Waals surface area contributed by atoms with Crippen LogP contribution in [0.4, 0.5) is 0 Å². The molecule has 0 aromatic carbocycles. The first-order valence-corrected chi connectivity index (χ1v) is 3.43. The van der Waals surface area contributed by atoms with Crippen molar-refractivity contribution in [2.75, 3.05) is 0 Å². The van der Waals surface area contributed by atoms with Crippen molar-refractivity contribution in [3.05, 3.63) is 0 Å².